The number of sulfonamides is 1. The molecule has 10 nitrogen and oxygen atoms in total. The molecule has 1 aliphatic carbocycles. The van der Waals surface area contributed by atoms with Crippen molar-refractivity contribution in [2.24, 2.45) is 5.73 Å². The van der Waals surface area contributed by atoms with Crippen molar-refractivity contribution >= 4 is 50.7 Å². The van der Waals surface area contributed by atoms with Crippen molar-refractivity contribution < 1.29 is 17.6 Å². The molecule has 2 aromatic heterocycles. The summed E-state index contributed by atoms with van der Waals surface area (Å²) in [4.78, 5) is 21.9. The molecule has 2 aliphatic rings. The number of amides is 1. The summed E-state index contributed by atoms with van der Waals surface area (Å²) in [5.74, 6) is -0.572. The number of carbonyl (C=O) groups is 1. The molecule has 1 amide bonds. The molecule has 1 saturated heterocycles. The Morgan fingerprint density at radius 2 is 2.05 bits per heavy atom. The lowest BCUT2D eigenvalue weighted by Gasteiger charge is -2.34. The predicted molar refractivity (Wildman–Crippen MR) is 148 cm³/mol. The van der Waals surface area contributed by atoms with E-state index in [1.165, 1.54) is 22.0 Å². The first-order chi connectivity index (χ1) is 18.6. The number of likely N-dealkylation sites (tertiary alicyclic amines) is 1. The quantitative estimate of drug-likeness (QED) is 0.293. The molecular formula is C25H25ClFN7O3S2. The number of nitrogens with zero attached hydrogens (tertiary/aromatic N) is 4. The lowest BCUT2D eigenvalue weighted by Crippen LogP contribution is -2.44. The summed E-state index contributed by atoms with van der Waals surface area (Å²) in [7, 11) is -2.47. The highest BCUT2D eigenvalue weighted by molar-refractivity contribution is 7.89. The second-order valence-electron chi connectivity index (χ2n) is 9.33. The number of benzene rings is 1. The monoisotopic (exact) mass is 589 g/mol. The van der Waals surface area contributed by atoms with Crippen molar-refractivity contribution in [1.82, 2.24) is 24.6 Å². The van der Waals surface area contributed by atoms with E-state index in [-0.39, 0.29) is 32.6 Å². The van der Waals surface area contributed by atoms with Gasteiger partial charge in [-0.2, -0.15) is 4.72 Å². The number of aromatic nitrogens is 2. The molecule has 5 rings (SSSR count). The van der Waals surface area contributed by atoms with Crippen LogP contribution in [0.3, 0.4) is 0 Å². The molecule has 1 fully saturated rings. The van der Waals surface area contributed by atoms with Gasteiger partial charge in [0.1, 0.15) is 22.8 Å². The van der Waals surface area contributed by atoms with Gasteiger partial charge >= 0.3 is 0 Å². The number of thiocarbonyl (C=S) groups is 1. The highest BCUT2D eigenvalue weighted by Gasteiger charge is 2.34. The zero-order valence-corrected chi connectivity index (χ0v) is 23.2. The van der Waals surface area contributed by atoms with Gasteiger partial charge in [0.2, 0.25) is 15.9 Å². The Bertz CT molecular complexity index is 1570. The van der Waals surface area contributed by atoms with Crippen molar-refractivity contribution in [2.45, 2.75) is 36.2 Å². The zero-order chi connectivity index (χ0) is 27.9. The maximum absolute atomic E-state index is 14.9. The van der Waals surface area contributed by atoms with E-state index < -0.39 is 22.1 Å². The highest BCUT2D eigenvalue weighted by atomic mass is 35.5. The minimum Gasteiger partial charge on any atom is -0.375 e. The summed E-state index contributed by atoms with van der Waals surface area (Å²) in [6.45, 7) is 0.454. The van der Waals surface area contributed by atoms with E-state index in [0.29, 0.717) is 36.9 Å². The number of anilines is 1. The predicted octanol–water partition coefficient (Wildman–Crippen LogP) is 2.54. The van der Waals surface area contributed by atoms with Gasteiger partial charge in [0.05, 0.1) is 5.02 Å². The molecule has 2 atom stereocenters. The second-order valence-corrected chi connectivity index (χ2v) is 11.9. The van der Waals surface area contributed by atoms with Crippen LogP contribution in [0.4, 0.5) is 10.2 Å². The molecule has 14 heteroatoms. The van der Waals surface area contributed by atoms with Gasteiger partial charge in [-0.25, -0.2) is 22.8 Å². The molecule has 0 spiro atoms. The average Bonchev–Trinajstić information content (AvgIpc) is 3.10. The smallest absolute Gasteiger partial charge is 0.242 e. The Labute approximate surface area is 235 Å². The van der Waals surface area contributed by atoms with Gasteiger partial charge in [0.25, 0.3) is 0 Å². The first-order valence-electron chi connectivity index (χ1n) is 12.0. The largest absolute Gasteiger partial charge is 0.375 e. The maximum Gasteiger partial charge on any atom is 0.242 e. The second kappa shape index (κ2) is 10.6. The van der Waals surface area contributed by atoms with Crippen molar-refractivity contribution in [3.63, 3.8) is 0 Å². The molecule has 39 heavy (non-hydrogen) atoms. The fourth-order valence-corrected chi connectivity index (χ4v) is 6.53. The Kier molecular flexibility index (Phi) is 7.42. The van der Waals surface area contributed by atoms with Gasteiger partial charge in [0.15, 0.2) is 10.9 Å². The van der Waals surface area contributed by atoms with Gasteiger partial charge in [-0.1, -0.05) is 23.7 Å². The van der Waals surface area contributed by atoms with Gasteiger partial charge in [-0.3, -0.25) is 15.2 Å². The highest BCUT2D eigenvalue weighted by Crippen LogP contribution is 2.38. The number of carbonyl (C=O) groups excluding carboxylic acids is 1. The SMILES string of the molecule is CN1CC[C@@H](NS(=O)(=O)c2cnc(NN(C(N)=S)C3c4cnccc4CCc4c(F)cccc43)c(Cl)c2)C1=O. The molecular weight excluding hydrogens is 565 g/mol. The standard InChI is InChI=1S/C25H25ClFN7O3S2/c1-33-10-8-21(24(33)35)32-39(36,37)15-11-19(26)23(30-12-15)31-34(25(28)38)22-17-3-2-4-20(27)16(17)6-5-14-7-9-29-13-18(14)22/h2-4,7,9,11-13,21-22,32H,5-6,8,10H2,1H3,(H2,28,38)(H,30,31)/t21-,22?/m1/s1. The lowest BCUT2D eigenvalue weighted by atomic mass is 9.95. The van der Waals surface area contributed by atoms with E-state index >= 15 is 0 Å². The minimum atomic E-state index is -4.08. The van der Waals surface area contributed by atoms with Gasteiger partial charge < -0.3 is 10.6 Å². The van der Waals surface area contributed by atoms with Crippen molar-refractivity contribution in [2.75, 3.05) is 19.0 Å². The molecule has 3 aromatic rings. The van der Waals surface area contributed by atoms with Crippen LogP contribution in [0.1, 0.15) is 34.7 Å². The van der Waals surface area contributed by atoms with E-state index in [2.05, 4.69) is 20.1 Å². The number of fused-ring (bicyclic) bond motifs is 2. The number of hydrogen-bond acceptors (Lipinski definition) is 7. The third-order valence-electron chi connectivity index (χ3n) is 6.91. The molecule has 0 saturated carbocycles. The number of nitrogens with two attached hydrogens (primary N) is 1. The number of halogens is 2. The third-order valence-corrected chi connectivity index (χ3v) is 8.83. The number of pyridine rings is 2. The van der Waals surface area contributed by atoms with E-state index in [4.69, 9.17) is 29.6 Å². The first-order valence-corrected chi connectivity index (χ1v) is 14.3. The van der Waals surface area contributed by atoms with Crippen LogP contribution in [0.25, 0.3) is 0 Å². The molecule has 1 aliphatic heterocycles. The van der Waals surface area contributed by atoms with Crippen LogP contribution in [0.2, 0.25) is 5.02 Å². The number of likely N-dealkylation sites (N-methyl/N-ethyl adjacent to an activating group) is 1. The topological polar surface area (TPSA) is 134 Å². The van der Waals surface area contributed by atoms with Crippen molar-refractivity contribution in [1.29, 1.82) is 0 Å². The minimum absolute atomic E-state index is 0.0338. The lowest BCUT2D eigenvalue weighted by molar-refractivity contribution is -0.127. The third kappa shape index (κ3) is 5.26. The van der Waals surface area contributed by atoms with Crippen LogP contribution in [-0.4, -0.2) is 58.9 Å². The van der Waals surface area contributed by atoms with Gasteiger partial charge in [0, 0.05) is 37.7 Å². The fourth-order valence-electron chi connectivity index (χ4n) is 4.91. The van der Waals surface area contributed by atoms with Crippen LogP contribution < -0.4 is 15.9 Å². The molecule has 204 valence electrons. The maximum atomic E-state index is 14.9. The van der Waals surface area contributed by atoms with Crippen LogP contribution in [-0.2, 0) is 27.7 Å². The molecule has 1 unspecified atom stereocenters. The first kappa shape index (κ1) is 27.2. The summed E-state index contributed by atoms with van der Waals surface area (Å²) < 4.78 is 43.2. The Morgan fingerprint density at radius 1 is 1.26 bits per heavy atom. The average molecular weight is 590 g/mol. The molecule has 0 bridgehead atoms. The van der Waals surface area contributed by atoms with Crippen LogP contribution in [0.15, 0.2) is 53.8 Å². The number of aryl methyl sites for hydroxylation is 1. The van der Waals surface area contributed by atoms with Crippen LogP contribution >= 0.6 is 23.8 Å². The van der Waals surface area contributed by atoms with Crippen molar-refractivity contribution in [3.05, 3.63) is 82.0 Å². The molecule has 4 N–H and O–H groups in total. The molecule has 1 aromatic carbocycles. The van der Waals surface area contributed by atoms with E-state index in [0.717, 1.165) is 17.3 Å². The summed E-state index contributed by atoms with van der Waals surface area (Å²) in [5.41, 5.74) is 12.1. The summed E-state index contributed by atoms with van der Waals surface area (Å²) in [5, 5.41) is 1.33. The number of hydrazine groups is 1. The van der Waals surface area contributed by atoms with Crippen molar-refractivity contribution in [3.8, 4) is 0 Å². The van der Waals surface area contributed by atoms with Crippen LogP contribution in [0, 0.1) is 5.82 Å². The fraction of sp³-hybridized carbons (Fsp3) is 0.280. The Hall–Kier alpha value is -3.39. The van der Waals surface area contributed by atoms with E-state index in [1.54, 1.807) is 31.6 Å². The van der Waals surface area contributed by atoms with E-state index in [9.17, 15) is 17.6 Å². The summed E-state index contributed by atoms with van der Waals surface area (Å²) >= 11 is 11.8. The zero-order valence-electron chi connectivity index (χ0n) is 20.8. The number of hydrogen-bond donors (Lipinski definition) is 3. The van der Waals surface area contributed by atoms with Gasteiger partial charge in [-0.15, -0.1) is 0 Å². The molecule has 3 heterocycles. The summed E-state index contributed by atoms with van der Waals surface area (Å²) in [6, 6.07) is 6.39. The normalized spacial score (nSPS) is 18.7. The Morgan fingerprint density at radius 3 is 2.74 bits per heavy atom. The van der Waals surface area contributed by atoms with Crippen LogP contribution in [0.5, 0.6) is 0 Å². The number of nitrogens with one attached hydrogen (secondary N) is 2. The Balaban J connectivity index is 1.49. The molecule has 0 radical (unpaired) electrons. The number of rotatable bonds is 6. The van der Waals surface area contributed by atoms with Gasteiger partial charge in [-0.05, 0) is 66.4 Å². The summed E-state index contributed by atoms with van der Waals surface area (Å²) in [6.07, 6.45) is 5.89. The van der Waals surface area contributed by atoms with E-state index in [1.807, 2.05) is 6.07 Å².